The molecule has 0 amide bonds. The third-order valence-corrected chi connectivity index (χ3v) is 4.61. The molecule has 0 radical (unpaired) electrons. The average molecular weight is 341 g/mol. The zero-order chi connectivity index (χ0) is 14.4. The van der Waals surface area contributed by atoms with Crippen LogP contribution in [0.4, 0.5) is 11.8 Å². The lowest BCUT2D eigenvalue weighted by atomic mass is 9.83. The summed E-state index contributed by atoms with van der Waals surface area (Å²) in [6, 6.07) is 0.541. The van der Waals surface area contributed by atoms with Crippen molar-refractivity contribution in [2.24, 2.45) is 5.92 Å². The first-order chi connectivity index (χ1) is 9.74. The Hall–Kier alpha value is -0.840. The first kappa shape index (κ1) is 15.5. The van der Waals surface area contributed by atoms with Crippen molar-refractivity contribution >= 4 is 27.7 Å². The van der Waals surface area contributed by atoms with Crippen LogP contribution in [0.1, 0.15) is 52.4 Å². The molecule has 0 saturated heterocycles. The number of nitrogens with one attached hydrogen (secondary N) is 2. The Morgan fingerprint density at radius 2 is 2.10 bits per heavy atom. The Labute approximate surface area is 130 Å². The molecule has 1 fully saturated rings. The van der Waals surface area contributed by atoms with E-state index >= 15 is 0 Å². The summed E-state index contributed by atoms with van der Waals surface area (Å²) < 4.78 is 0.944. The van der Waals surface area contributed by atoms with Crippen LogP contribution in [0.5, 0.6) is 0 Å². The lowest BCUT2D eigenvalue weighted by Crippen LogP contribution is -2.32. The Bertz CT molecular complexity index is 424. The van der Waals surface area contributed by atoms with E-state index in [1.54, 1.807) is 0 Å². The number of nitrogens with zero attached hydrogens (tertiary/aromatic N) is 2. The molecule has 2 atom stereocenters. The van der Waals surface area contributed by atoms with Crippen LogP contribution in [0.3, 0.4) is 0 Å². The predicted octanol–water partition coefficient (Wildman–Crippen LogP) is 4.44. The number of hydrogen-bond acceptors (Lipinski definition) is 4. The van der Waals surface area contributed by atoms with Gasteiger partial charge in [-0.3, -0.25) is 0 Å². The SMILES string of the molecule is CCCNc1ncc(Br)c(NC2CCCCC2CC)n1. The number of anilines is 2. The summed E-state index contributed by atoms with van der Waals surface area (Å²) in [6.07, 6.45) is 9.40. The van der Waals surface area contributed by atoms with Crippen LogP contribution in [-0.2, 0) is 0 Å². The fourth-order valence-electron chi connectivity index (χ4n) is 2.85. The second-order valence-electron chi connectivity index (χ2n) is 5.52. The van der Waals surface area contributed by atoms with Crippen molar-refractivity contribution < 1.29 is 0 Å². The molecule has 1 aromatic heterocycles. The standard InChI is InChI=1S/C15H25BrN4/c1-3-9-17-15-18-10-12(16)14(20-15)19-13-8-6-5-7-11(13)4-2/h10-11,13H,3-9H2,1-2H3,(H2,17,18,19,20). The van der Waals surface area contributed by atoms with Crippen molar-refractivity contribution in [1.29, 1.82) is 0 Å². The molecule has 2 unspecified atom stereocenters. The molecule has 1 aliphatic rings. The van der Waals surface area contributed by atoms with Gasteiger partial charge in [0.1, 0.15) is 5.82 Å². The number of aromatic nitrogens is 2. The molecule has 0 bridgehead atoms. The van der Waals surface area contributed by atoms with E-state index in [-0.39, 0.29) is 0 Å². The summed E-state index contributed by atoms with van der Waals surface area (Å²) >= 11 is 3.55. The molecule has 0 spiro atoms. The van der Waals surface area contributed by atoms with E-state index in [4.69, 9.17) is 0 Å². The van der Waals surface area contributed by atoms with Gasteiger partial charge in [0.05, 0.1) is 4.47 Å². The van der Waals surface area contributed by atoms with Crippen molar-refractivity contribution in [1.82, 2.24) is 9.97 Å². The van der Waals surface area contributed by atoms with Gasteiger partial charge in [0.15, 0.2) is 0 Å². The predicted molar refractivity (Wildman–Crippen MR) is 88.2 cm³/mol. The lowest BCUT2D eigenvalue weighted by molar-refractivity contribution is 0.316. The van der Waals surface area contributed by atoms with Crippen molar-refractivity contribution in [3.05, 3.63) is 10.7 Å². The summed E-state index contributed by atoms with van der Waals surface area (Å²) in [6.45, 7) is 5.33. The molecule has 1 saturated carbocycles. The Kier molecular flexibility index (Phi) is 6.07. The quantitative estimate of drug-likeness (QED) is 0.803. The maximum atomic E-state index is 4.59. The molecular formula is C15H25BrN4. The minimum atomic E-state index is 0.541. The van der Waals surface area contributed by atoms with E-state index < -0.39 is 0 Å². The summed E-state index contributed by atoms with van der Waals surface area (Å²) in [7, 11) is 0. The monoisotopic (exact) mass is 340 g/mol. The fourth-order valence-corrected chi connectivity index (χ4v) is 3.16. The molecule has 20 heavy (non-hydrogen) atoms. The van der Waals surface area contributed by atoms with Crippen molar-refractivity contribution in [3.63, 3.8) is 0 Å². The van der Waals surface area contributed by atoms with Crippen LogP contribution in [0.2, 0.25) is 0 Å². The Morgan fingerprint density at radius 3 is 2.85 bits per heavy atom. The summed E-state index contributed by atoms with van der Waals surface area (Å²) in [4.78, 5) is 8.89. The van der Waals surface area contributed by atoms with Gasteiger partial charge in [0.2, 0.25) is 5.95 Å². The first-order valence-corrected chi connectivity index (χ1v) is 8.56. The molecule has 112 valence electrons. The van der Waals surface area contributed by atoms with Crippen LogP contribution >= 0.6 is 15.9 Å². The Balaban J connectivity index is 2.06. The summed E-state index contributed by atoms with van der Waals surface area (Å²) in [5.74, 6) is 2.39. The third-order valence-electron chi connectivity index (χ3n) is 4.03. The number of hydrogen-bond donors (Lipinski definition) is 2. The van der Waals surface area contributed by atoms with Gasteiger partial charge in [-0.15, -0.1) is 0 Å². The zero-order valence-corrected chi connectivity index (χ0v) is 14.0. The lowest BCUT2D eigenvalue weighted by Gasteiger charge is -2.32. The summed E-state index contributed by atoms with van der Waals surface area (Å²) in [5, 5.41) is 6.87. The zero-order valence-electron chi connectivity index (χ0n) is 12.5. The molecule has 5 heteroatoms. The molecule has 2 rings (SSSR count). The van der Waals surface area contributed by atoms with E-state index in [0.29, 0.717) is 12.0 Å². The van der Waals surface area contributed by atoms with Gasteiger partial charge in [0.25, 0.3) is 0 Å². The molecule has 1 aliphatic carbocycles. The molecular weight excluding hydrogens is 316 g/mol. The van der Waals surface area contributed by atoms with Crippen LogP contribution in [0.25, 0.3) is 0 Å². The topological polar surface area (TPSA) is 49.8 Å². The second-order valence-corrected chi connectivity index (χ2v) is 6.37. The van der Waals surface area contributed by atoms with Gasteiger partial charge in [-0.2, -0.15) is 4.98 Å². The third kappa shape index (κ3) is 4.08. The van der Waals surface area contributed by atoms with Gasteiger partial charge < -0.3 is 10.6 Å². The Morgan fingerprint density at radius 1 is 1.30 bits per heavy atom. The van der Waals surface area contributed by atoms with Crippen LogP contribution in [-0.4, -0.2) is 22.6 Å². The fraction of sp³-hybridized carbons (Fsp3) is 0.733. The highest BCUT2D eigenvalue weighted by Crippen LogP contribution is 2.31. The van der Waals surface area contributed by atoms with Gasteiger partial charge in [0, 0.05) is 18.8 Å². The van der Waals surface area contributed by atoms with E-state index in [9.17, 15) is 0 Å². The minimum Gasteiger partial charge on any atom is -0.366 e. The smallest absolute Gasteiger partial charge is 0.224 e. The molecule has 0 aliphatic heterocycles. The molecule has 2 N–H and O–H groups in total. The highest BCUT2D eigenvalue weighted by Gasteiger charge is 2.24. The molecule has 0 aromatic carbocycles. The van der Waals surface area contributed by atoms with E-state index in [0.717, 1.165) is 29.2 Å². The van der Waals surface area contributed by atoms with E-state index in [1.165, 1.54) is 32.1 Å². The van der Waals surface area contributed by atoms with Gasteiger partial charge in [-0.05, 0) is 41.1 Å². The van der Waals surface area contributed by atoms with Crippen molar-refractivity contribution in [3.8, 4) is 0 Å². The number of halogens is 1. The highest BCUT2D eigenvalue weighted by atomic mass is 79.9. The van der Waals surface area contributed by atoms with Gasteiger partial charge >= 0.3 is 0 Å². The molecule has 4 nitrogen and oxygen atoms in total. The van der Waals surface area contributed by atoms with Crippen molar-refractivity contribution in [2.45, 2.75) is 58.4 Å². The number of rotatable bonds is 6. The average Bonchev–Trinajstić information content (AvgIpc) is 2.48. The van der Waals surface area contributed by atoms with Crippen LogP contribution in [0.15, 0.2) is 10.7 Å². The molecule has 1 aromatic rings. The van der Waals surface area contributed by atoms with Crippen molar-refractivity contribution in [2.75, 3.05) is 17.2 Å². The first-order valence-electron chi connectivity index (χ1n) is 7.77. The normalized spacial score (nSPS) is 22.6. The minimum absolute atomic E-state index is 0.541. The van der Waals surface area contributed by atoms with Gasteiger partial charge in [-0.25, -0.2) is 4.98 Å². The molecule has 1 heterocycles. The highest BCUT2D eigenvalue weighted by molar-refractivity contribution is 9.10. The second kappa shape index (κ2) is 7.81. The largest absolute Gasteiger partial charge is 0.366 e. The van der Waals surface area contributed by atoms with Crippen LogP contribution in [0, 0.1) is 5.92 Å². The van der Waals surface area contributed by atoms with E-state index in [1.807, 2.05) is 6.20 Å². The maximum absolute atomic E-state index is 4.59. The van der Waals surface area contributed by atoms with Gasteiger partial charge in [-0.1, -0.05) is 33.1 Å². The van der Waals surface area contributed by atoms with E-state index in [2.05, 4.69) is 50.4 Å². The summed E-state index contributed by atoms with van der Waals surface area (Å²) in [5.41, 5.74) is 0. The van der Waals surface area contributed by atoms with Crippen LogP contribution < -0.4 is 10.6 Å². The maximum Gasteiger partial charge on any atom is 0.224 e.